The topological polar surface area (TPSA) is 142 Å². The van der Waals surface area contributed by atoms with Crippen molar-refractivity contribution in [2.45, 2.75) is 41.3 Å². The average Bonchev–Trinajstić information content (AvgIpc) is 3.21. The van der Waals surface area contributed by atoms with Crippen LogP contribution in [0.3, 0.4) is 0 Å². The first-order chi connectivity index (χ1) is 18.4. The van der Waals surface area contributed by atoms with E-state index in [2.05, 4.69) is 15.9 Å². The molecule has 2 N–H and O–H groups in total. The summed E-state index contributed by atoms with van der Waals surface area (Å²) in [6.07, 6.45) is 1.75. The predicted octanol–water partition coefficient (Wildman–Crippen LogP) is 2.98. The number of phenolic OH excluding ortho intramolecular Hbond substituents is 1. The molecule has 1 aromatic carbocycles. The molecule has 4 amide bonds. The van der Waals surface area contributed by atoms with Crippen molar-refractivity contribution < 1.29 is 38.9 Å². The van der Waals surface area contributed by atoms with E-state index in [9.17, 15) is 29.1 Å². The second-order valence-electron chi connectivity index (χ2n) is 10.2. The number of hydrogen-bond acceptors (Lipinski definition) is 7. The zero-order valence-electron chi connectivity index (χ0n) is 20.7. The second-order valence-corrected chi connectivity index (χ2v) is 12.0. The van der Waals surface area contributed by atoms with Crippen LogP contribution in [0, 0.1) is 17.8 Å². The Morgan fingerprint density at radius 2 is 1.85 bits per heavy atom. The van der Waals surface area contributed by atoms with Gasteiger partial charge in [0.2, 0.25) is 11.8 Å². The number of methoxy groups -OCH3 is 1. The Labute approximate surface area is 242 Å². The van der Waals surface area contributed by atoms with Crippen LogP contribution in [0.5, 0.6) is 11.5 Å². The first-order valence-corrected chi connectivity index (χ1v) is 14.2. The predicted molar refractivity (Wildman–Crippen MR) is 142 cm³/mol. The molecule has 6 unspecified atom stereocenters. The van der Waals surface area contributed by atoms with E-state index in [1.807, 2.05) is 0 Å². The maximum Gasteiger partial charge on any atom is 0.303 e. The molecule has 13 heteroatoms. The molecule has 1 aromatic rings. The number of fused-ring (bicyclic) bond motifs is 4. The average molecular weight is 644 g/mol. The molecule has 2 aliphatic carbocycles. The van der Waals surface area contributed by atoms with E-state index in [1.54, 1.807) is 12.1 Å². The van der Waals surface area contributed by atoms with Crippen molar-refractivity contribution in [3.63, 3.8) is 0 Å². The zero-order chi connectivity index (χ0) is 28.4. The van der Waals surface area contributed by atoms with Gasteiger partial charge in [-0.3, -0.25) is 33.8 Å². The number of likely N-dealkylation sites (tertiary alicyclic amines) is 2. The van der Waals surface area contributed by atoms with Crippen molar-refractivity contribution in [1.82, 2.24) is 9.80 Å². The van der Waals surface area contributed by atoms with Crippen molar-refractivity contribution >= 4 is 68.7 Å². The van der Waals surface area contributed by atoms with Gasteiger partial charge in [0.1, 0.15) is 0 Å². The number of nitrogens with zero attached hydrogens (tertiary/aromatic N) is 2. The van der Waals surface area contributed by atoms with Gasteiger partial charge in [-0.05, 0) is 42.9 Å². The number of phenols is 1. The molecule has 0 spiro atoms. The number of benzene rings is 1. The molecule has 0 radical (unpaired) electrons. The van der Waals surface area contributed by atoms with Gasteiger partial charge in [0.15, 0.2) is 21.2 Å². The number of carboxylic acids is 1. The lowest BCUT2D eigenvalue weighted by atomic mass is 9.56. The molecule has 5 rings (SSSR count). The number of alkyl halides is 3. The molecular weight excluding hydrogens is 619 g/mol. The highest BCUT2D eigenvalue weighted by Crippen LogP contribution is 2.65. The number of carbonyl (C=O) groups is 5. The van der Waals surface area contributed by atoms with Crippen LogP contribution >= 0.6 is 39.1 Å². The normalized spacial score (nSPS) is 33.6. The number of hydrogen-bond donors (Lipinski definition) is 2. The number of amides is 4. The summed E-state index contributed by atoms with van der Waals surface area (Å²) < 4.78 is 5.16. The fourth-order valence-corrected chi connectivity index (χ4v) is 8.11. The summed E-state index contributed by atoms with van der Waals surface area (Å²) >= 11 is 17.4. The lowest BCUT2D eigenvalue weighted by Crippen LogP contribution is -2.60. The number of aliphatic carboxylic acids is 1. The third kappa shape index (κ3) is 3.83. The van der Waals surface area contributed by atoms with E-state index in [1.165, 1.54) is 19.2 Å². The van der Waals surface area contributed by atoms with Crippen LogP contribution < -0.4 is 4.74 Å². The molecule has 2 saturated heterocycles. The molecule has 2 aliphatic heterocycles. The summed E-state index contributed by atoms with van der Waals surface area (Å²) in [6, 6.07) is 4.53. The number of carbonyl (C=O) groups excluding carboxylic acids is 4. The molecule has 10 nitrogen and oxygen atoms in total. The van der Waals surface area contributed by atoms with Gasteiger partial charge in [-0.1, -0.05) is 33.6 Å². The van der Waals surface area contributed by atoms with Crippen molar-refractivity contribution in [2.75, 3.05) is 19.1 Å². The van der Waals surface area contributed by atoms with Gasteiger partial charge in [-0.2, -0.15) is 0 Å². The number of imide groups is 2. The molecule has 2 heterocycles. The maximum absolute atomic E-state index is 13.7. The van der Waals surface area contributed by atoms with E-state index in [-0.39, 0.29) is 49.2 Å². The minimum atomic E-state index is -1.97. The second kappa shape index (κ2) is 9.78. The standard InChI is InChI=1S/C26H25BrCl2N2O8/c1-39-17-7-4-12(9-16(17)32)20-13-5-6-14-19(22(36)30(21(14)35)8-2-3-18(33)34)15(13)10-25(28)23(37)31(11-27)24(38)26(20,25)29/h4-5,7,9,14-15,19-20,32H,2-3,6,8,10-11H2,1H3,(H,33,34). The highest BCUT2D eigenvalue weighted by Gasteiger charge is 2.76. The molecule has 0 bridgehead atoms. The van der Waals surface area contributed by atoms with E-state index in [4.69, 9.17) is 33.0 Å². The highest BCUT2D eigenvalue weighted by molar-refractivity contribution is 9.09. The first-order valence-electron chi connectivity index (χ1n) is 12.4. The summed E-state index contributed by atoms with van der Waals surface area (Å²) in [5.41, 5.74) is 0.854. The van der Waals surface area contributed by atoms with Crippen LogP contribution in [0.1, 0.15) is 37.2 Å². The Kier molecular flexibility index (Phi) is 7.00. The molecule has 4 aliphatic rings. The first kappa shape index (κ1) is 27.9. The number of halogens is 3. The van der Waals surface area contributed by atoms with Gasteiger partial charge in [0.05, 0.1) is 24.4 Å². The van der Waals surface area contributed by atoms with Crippen LogP contribution in [0.15, 0.2) is 29.8 Å². The SMILES string of the molecule is COc1ccc(C2C3=CCC4C(=O)N(CCCC(=O)O)C(=O)C4C3CC3(Cl)C(=O)N(CBr)C(=O)C23Cl)cc1O. The van der Waals surface area contributed by atoms with Crippen LogP contribution in [0.4, 0.5) is 0 Å². The van der Waals surface area contributed by atoms with Gasteiger partial charge >= 0.3 is 5.97 Å². The minimum absolute atomic E-state index is 0.0327. The van der Waals surface area contributed by atoms with Crippen LogP contribution in [-0.2, 0) is 24.0 Å². The van der Waals surface area contributed by atoms with Gasteiger partial charge in [0.25, 0.3) is 11.8 Å². The maximum atomic E-state index is 13.7. The van der Waals surface area contributed by atoms with Gasteiger partial charge in [0, 0.05) is 18.9 Å². The number of rotatable bonds is 7. The summed E-state index contributed by atoms with van der Waals surface area (Å²) in [7, 11) is 1.39. The third-order valence-electron chi connectivity index (χ3n) is 8.41. The van der Waals surface area contributed by atoms with E-state index in [0.717, 1.165) is 9.80 Å². The van der Waals surface area contributed by atoms with Crippen molar-refractivity contribution in [1.29, 1.82) is 0 Å². The molecule has 1 saturated carbocycles. The molecule has 3 fully saturated rings. The van der Waals surface area contributed by atoms with Gasteiger partial charge in [-0.25, -0.2) is 0 Å². The monoisotopic (exact) mass is 642 g/mol. The van der Waals surface area contributed by atoms with E-state index in [0.29, 0.717) is 11.1 Å². The largest absolute Gasteiger partial charge is 0.504 e. The number of ether oxygens (including phenoxy) is 1. The van der Waals surface area contributed by atoms with Crippen LogP contribution in [0.25, 0.3) is 0 Å². The summed E-state index contributed by atoms with van der Waals surface area (Å²) in [4.78, 5) is 63.3. The summed E-state index contributed by atoms with van der Waals surface area (Å²) in [6.45, 7) is -0.0327. The van der Waals surface area contributed by atoms with Crippen molar-refractivity contribution in [2.24, 2.45) is 17.8 Å². The summed E-state index contributed by atoms with van der Waals surface area (Å²) in [5.74, 6) is -6.58. The summed E-state index contributed by atoms with van der Waals surface area (Å²) in [5, 5.41) is 19.5. The quantitative estimate of drug-likeness (QED) is 0.200. The Morgan fingerprint density at radius 3 is 2.46 bits per heavy atom. The minimum Gasteiger partial charge on any atom is -0.504 e. The lowest BCUT2D eigenvalue weighted by molar-refractivity contribution is -0.142. The van der Waals surface area contributed by atoms with E-state index < -0.39 is 63.0 Å². The fraction of sp³-hybridized carbons (Fsp3) is 0.500. The Hall–Kier alpha value is -2.63. The Balaban J connectivity index is 1.63. The highest BCUT2D eigenvalue weighted by atomic mass is 79.9. The molecule has 39 heavy (non-hydrogen) atoms. The molecule has 6 atom stereocenters. The number of aromatic hydroxyl groups is 1. The number of carboxylic acid groups (broad SMARTS) is 1. The smallest absolute Gasteiger partial charge is 0.303 e. The van der Waals surface area contributed by atoms with Crippen molar-refractivity contribution in [3.05, 3.63) is 35.4 Å². The number of allylic oxidation sites excluding steroid dienone is 2. The van der Waals surface area contributed by atoms with Gasteiger partial charge in [-0.15, -0.1) is 23.2 Å². The Bertz CT molecular complexity index is 1340. The zero-order valence-corrected chi connectivity index (χ0v) is 23.8. The molecule has 208 valence electrons. The van der Waals surface area contributed by atoms with Crippen LogP contribution in [0.2, 0.25) is 0 Å². The molecular formula is C26H25BrCl2N2O8. The molecule has 0 aromatic heterocycles. The Morgan fingerprint density at radius 1 is 1.13 bits per heavy atom. The van der Waals surface area contributed by atoms with Gasteiger partial charge < -0.3 is 14.9 Å². The van der Waals surface area contributed by atoms with E-state index >= 15 is 0 Å². The van der Waals surface area contributed by atoms with Crippen LogP contribution in [-0.4, -0.2) is 78.5 Å². The fourth-order valence-electron chi connectivity index (χ4n) is 6.69. The third-order valence-corrected chi connectivity index (χ3v) is 10.3. The van der Waals surface area contributed by atoms with Crippen molar-refractivity contribution in [3.8, 4) is 11.5 Å². The lowest BCUT2D eigenvalue weighted by Gasteiger charge is -2.50.